The number of benzene rings is 5. The number of azo groups is 1. The number of anilines is 3. The van der Waals surface area contributed by atoms with E-state index >= 15 is 0 Å². The number of alkyl carbamates (subject to hydrolysis) is 1. The lowest BCUT2D eigenvalue weighted by atomic mass is 10.0. The summed E-state index contributed by atoms with van der Waals surface area (Å²) in [6.45, 7) is 5.92. The number of rotatable bonds is 30. The van der Waals surface area contributed by atoms with Gasteiger partial charge in [-0.15, -0.1) is 25.5 Å². The Morgan fingerprint density at radius 2 is 0.981 bits per heavy atom. The largest absolute Gasteiger partial charge is 0.476 e. The van der Waals surface area contributed by atoms with E-state index in [-0.39, 0.29) is 34.6 Å². The predicted octanol–water partition coefficient (Wildman–Crippen LogP) is 11.0. The van der Waals surface area contributed by atoms with Crippen LogP contribution in [0.3, 0.4) is 0 Å². The zero-order valence-electron chi connectivity index (χ0n) is 61.9. The molecule has 5 aromatic heterocycles. The Morgan fingerprint density at radius 1 is 0.505 bits per heavy atom. The fourth-order valence-corrected chi connectivity index (χ4v) is 11.7. The minimum absolute atomic E-state index is 0.00345. The Balaban J connectivity index is 0.000000215. The third kappa shape index (κ3) is 28.3. The quantitative estimate of drug-likeness (QED) is 0.0214. The number of carbonyl (C=O) groups is 6. The van der Waals surface area contributed by atoms with Crippen molar-refractivity contribution in [3.05, 3.63) is 180 Å². The van der Waals surface area contributed by atoms with Crippen LogP contribution >= 0.6 is 0 Å². The van der Waals surface area contributed by atoms with Crippen molar-refractivity contribution in [3.8, 4) is 0 Å². The molecule has 5 heterocycles. The monoisotopic (exact) mass is 1460 g/mol. The van der Waals surface area contributed by atoms with Crippen LogP contribution in [0.4, 0.5) is 33.2 Å². The molecule has 1 amide bonds. The maximum Gasteiger partial charge on any atom is 0.407 e. The number of Topliss-reactive ketones (excluding diaryl/α,β-unsaturated/α-hetero) is 4. The Hall–Kier alpha value is -11.6. The van der Waals surface area contributed by atoms with E-state index < -0.39 is 27.5 Å². The van der Waals surface area contributed by atoms with Crippen molar-refractivity contribution in [2.45, 2.75) is 115 Å². The molecule has 0 aliphatic rings. The summed E-state index contributed by atoms with van der Waals surface area (Å²) in [7, 11) is 15.0. The summed E-state index contributed by atoms with van der Waals surface area (Å²) in [5, 5.41) is 61.6. The first-order valence-electron chi connectivity index (χ1n) is 34.1. The highest BCUT2D eigenvalue weighted by Gasteiger charge is 2.20. The number of carboxylic acids is 1. The van der Waals surface area contributed by atoms with Crippen molar-refractivity contribution in [1.82, 2.24) is 80.3 Å². The molecular formula is C73H95N21O10S. The van der Waals surface area contributed by atoms with Gasteiger partial charge in [-0.3, -0.25) is 42.6 Å². The molecule has 0 saturated carbocycles. The van der Waals surface area contributed by atoms with Crippen molar-refractivity contribution in [3.63, 3.8) is 0 Å². The van der Waals surface area contributed by atoms with Crippen LogP contribution in [0.5, 0.6) is 0 Å². The molecule has 5 aromatic carbocycles. The molecule has 0 aliphatic heterocycles. The van der Waals surface area contributed by atoms with Gasteiger partial charge >= 0.3 is 12.1 Å². The van der Waals surface area contributed by atoms with Crippen molar-refractivity contribution in [2.24, 2.45) is 45.5 Å². The number of aryl methyl sites for hydroxylation is 7. The zero-order chi connectivity index (χ0) is 76.6. The number of carboxylic acid groups (broad SMARTS) is 1. The number of aromatic nitrogens is 15. The van der Waals surface area contributed by atoms with E-state index in [1.807, 2.05) is 171 Å². The molecule has 32 heteroatoms. The summed E-state index contributed by atoms with van der Waals surface area (Å²) in [4.78, 5) is 74.0. The van der Waals surface area contributed by atoms with Gasteiger partial charge in [0.25, 0.3) is 0 Å². The predicted molar refractivity (Wildman–Crippen MR) is 399 cm³/mol. The third-order valence-corrected chi connectivity index (χ3v) is 17.3. The van der Waals surface area contributed by atoms with Crippen LogP contribution in [0, 0.1) is 0 Å². The number of nitrogens with one attached hydrogen (secondary N) is 2. The standard InChI is InChI=1S/C23H30N4O3S.C20H22N6O.C13H22N4O3.C13H16N4O.C4H5N3O2/c1-26(2)21-13-9-12-19-18(21)11-10-15-23(19)31(29,30)16-8-6-4-5-7-14-22(28)20-17-27(3)25-24-20;1-25(2)19-11-8-17(9-12-19)22-21-16-6-4-15(5-7-16)20(27)13-10-18-14-26(3)24-23-18;1-13(2,3)20-12(19)14-8-6-5-7-11(18)10-9-17(4)16-15-10;1-14-12-6-4-3-5-11(12)13(18)8-7-10-9-17(2)16-15-10;1-7-2-3(4(8)9)5-6-7/h9-13,15,17H,4-8,14,16H2,1-3H3;4-9,11-12,14H,10,13H2,1-3H3;9H,5-8H2,1-4H3,(H,14,19);3-6,9,14H,7-8H2,1-2H3;2H,1H3,(H,8,9). The van der Waals surface area contributed by atoms with Gasteiger partial charge in [-0.25, -0.2) is 18.0 Å². The summed E-state index contributed by atoms with van der Waals surface area (Å²) < 4.78 is 38.7. The number of hydrogen-bond acceptors (Lipinski definition) is 24. The minimum atomic E-state index is -3.36. The lowest BCUT2D eigenvalue weighted by Crippen LogP contribution is -2.33. The van der Waals surface area contributed by atoms with Crippen LogP contribution in [-0.4, -0.2) is 177 Å². The maximum absolute atomic E-state index is 13.0. The van der Waals surface area contributed by atoms with E-state index in [0.29, 0.717) is 91.9 Å². The smallest absolute Gasteiger partial charge is 0.407 e. The Bertz CT molecular complexity index is 4590. The van der Waals surface area contributed by atoms with E-state index in [0.717, 1.165) is 76.2 Å². The molecular weight excluding hydrogens is 1360 g/mol. The molecule has 105 heavy (non-hydrogen) atoms. The molecule has 0 spiro atoms. The summed E-state index contributed by atoms with van der Waals surface area (Å²) in [5.74, 6) is -0.757. The number of sulfone groups is 1. The maximum atomic E-state index is 13.0. The molecule has 0 radical (unpaired) electrons. The normalized spacial score (nSPS) is 11.0. The first kappa shape index (κ1) is 82.4. The fraction of sp³-hybridized carbons (Fsp3) is 0.397. The lowest BCUT2D eigenvalue weighted by Gasteiger charge is -2.19. The summed E-state index contributed by atoms with van der Waals surface area (Å²) in [6, 6.07) is 33.8. The highest BCUT2D eigenvalue weighted by atomic mass is 32.2. The summed E-state index contributed by atoms with van der Waals surface area (Å²) >= 11 is 0. The number of fused-ring (bicyclic) bond motifs is 1. The Labute approximate surface area is 611 Å². The molecule has 0 bridgehead atoms. The molecule has 0 unspecified atom stereocenters. The summed E-state index contributed by atoms with van der Waals surface area (Å²) in [5.41, 5.74) is 7.77. The van der Waals surface area contributed by atoms with E-state index in [9.17, 15) is 37.2 Å². The van der Waals surface area contributed by atoms with Gasteiger partial charge in [-0.1, -0.05) is 81.7 Å². The zero-order valence-corrected chi connectivity index (χ0v) is 62.7. The second-order valence-corrected chi connectivity index (χ2v) is 27.9. The molecule has 31 nitrogen and oxygen atoms in total. The highest BCUT2D eigenvalue weighted by molar-refractivity contribution is 7.91. The molecule has 10 rings (SSSR count). The number of aromatic carboxylic acids is 1. The van der Waals surface area contributed by atoms with Crippen LogP contribution in [0.2, 0.25) is 0 Å². The van der Waals surface area contributed by atoms with Gasteiger partial charge in [0.15, 0.2) is 38.7 Å². The van der Waals surface area contributed by atoms with Crippen molar-refractivity contribution in [2.75, 3.05) is 62.7 Å². The molecule has 10 aromatic rings. The van der Waals surface area contributed by atoms with Gasteiger partial charge in [0.2, 0.25) is 0 Å². The first-order valence-corrected chi connectivity index (χ1v) is 35.7. The van der Waals surface area contributed by atoms with Crippen LogP contribution in [0.1, 0.15) is 155 Å². The highest BCUT2D eigenvalue weighted by Crippen LogP contribution is 2.31. The van der Waals surface area contributed by atoms with E-state index in [1.165, 1.54) is 20.2 Å². The molecule has 0 atom stereocenters. The number of nitrogens with zero attached hydrogens (tertiary/aromatic N) is 19. The van der Waals surface area contributed by atoms with Crippen molar-refractivity contribution in [1.29, 1.82) is 0 Å². The average molecular weight is 1460 g/mol. The number of ketones is 4. The second kappa shape index (κ2) is 40.9. The molecule has 558 valence electrons. The topological polar surface area (TPSA) is 375 Å². The molecule has 0 aliphatic carbocycles. The molecule has 3 N–H and O–H groups in total. The third-order valence-electron chi connectivity index (χ3n) is 15.4. The number of carbonyl (C=O) groups excluding carboxylic acids is 5. The van der Waals surface area contributed by atoms with Gasteiger partial charge in [0.1, 0.15) is 17.0 Å². The number of unbranched alkanes of at least 4 members (excludes halogenated alkanes) is 5. The van der Waals surface area contributed by atoms with Crippen LogP contribution in [0.25, 0.3) is 10.8 Å². The van der Waals surface area contributed by atoms with E-state index in [4.69, 9.17) is 9.84 Å². The molecule has 0 saturated heterocycles. The summed E-state index contributed by atoms with van der Waals surface area (Å²) in [6.07, 6.45) is 16.1. The van der Waals surface area contributed by atoms with Gasteiger partial charge < -0.3 is 30.3 Å². The van der Waals surface area contributed by atoms with Crippen LogP contribution < -0.4 is 20.4 Å². The SMILES string of the molecule is CN(C)c1ccc(N=Nc2ccc(C(=O)CCc3cn(C)nn3)cc2)cc1.CN(C)c1cccc2c(S(=O)(=O)CCCCCCCC(=O)c3cn(C)nn3)cccc12.CNc1ccccc1C(=O)CCc1cn(C)nn1.Cn1cc(C(=O)CCCCNC(=O)OC(C)(C)C)nn1.Cn1cc(C(=O)O)nn1. The Morgan fingerprint density at radius 3 is 1.47 bits per heavy atom. The number of hydrogen-bond donors (Lipinski definition) is 3. The minimum Gasteiger partial charge on any atom is -0.476 e. The first-order chi connectivity index (χ1) is 50.0. The van der Waals surface area contributed by atoms with E-state index in [2.05, 4.69) is 72.4 Å². The second-order valence-electron chi connectivity index (χ2n) is 25.8. The van der Waals surface area contributed by atoms with Crippen molar-refractivity contribution >= 4 is 84.2 Å². The van der Waals surface area contributed by atoms with Gasteiger partial charge in [-0.05, 0) is 119 Å². The lowest BCUT2D eigenvalue weighted by molar-refractivity contribution is 0.0525. The fourth-order valence-electron chi connectivity index (χ4n) is 10.1. The number of amides is 1. The van der Waals surface area contributed by atoms with Crippen LogP contribution in [0.15, 0.2) is 155 Å². The molecule has 0 fully saturated rings. The Kier molecular flexibility index (Phi) is 32.1. The number of para-hydroxylation sites is 1. The van der Waals surface area contributed by atoms with Gasteiger partial charge in [0.05, 0.1) is 52.0 Å². The average Bonchev–Trinajstić information content (AvgIpc) is 1.75. The van der Waals surface area contributed by atoms with Gasteiger partial charge in [0, 0.05) is 167 Å². The van der Waals surface area contributed by atoms with Crippen LogP contribution in [-0.2, 0) is 62.7 Å². The number of ether oxygens (including phenoxy) is 1. The van der Waals surface area contributed by atoms with Gasteiger partial charge in [-0.2, -0.15) is 10.2 Å². The van der Waals surface area contributed by atoms with Crippen molar-refractivity contribution < 1.29 is 47.0 Å². The van der Waals surface area contributed by atoms with E-state index in [1.54, 1.807) is 73.2 Å².